The van der Waals surface area contributed by atoms with E-state index in [0.717, 1.165) is 30.8 Å². The van der Waals surface area contributed by atoms with E-state index in [4.69, 9.17) is 0 Å². The molecule has 0 aromatic rings. The number of nitrogens with zero attached hydrogens (tertiary/aromatic N) is 2. The molecular weight excluding hydrogens is 288 g/mol. The standard InChI is InChI=1S/C18H36N4O/c1-6-15(3)21-17(23)11-12-20-18(19-4)22(5)13-16-9-7-14(2)8-10-16/h14-16H,6-13H2,1-5H3,(H,19,20)(H,21,23). The van der Waals surface area contributed by atoms with E-state index in [1.54, 1.807) is 7.05 Å². The number of hydrogen-bond acceptors (Lipinski definition) is 2. The van der Waals surface area contributed by atoms with Crippen molar-refractivity contribution in [3.63, 3.8) is 0 Å². The number of nitrogens with one attached hydrogen (secondary N) is 2. The van der Waals surface area contributed by atoms with Gasteiger partial charge in [-0.05, 0) is 38.0 Å². The molecule has 1 aliphatic rings. The van der Waals surface area contributed by atoms with Gasteiger partial charge in [-0.3, -0.25) is 9.79 Å². The first-order valence-corrected chi connectivity index (χ1v) is 9.17. The third-order valence-corrected chi connectivity index (χ3v) is 4.90. The normalized spacial score (nSPS) is 23.3. The van der Waals surface area contributed by atoms with Gasteiger partial charge >= 0.3 is 0 Å². The van der Waals surface area contributed by atoms with Gasteiger partial charge in [0.25, 0.3) is 0 Å². The lowest BCUT2D eigenvalue weighted by Gasteiger charge is -2.31. The molecule has 0 heterocycles. The van der Waals surface area contributed by atoms with Crippen LogP contribution in [0, 0.1) is 11.8 Å². The molecule has 0 radical (unpaired) electrons. The Hall–Kier alpha value is -1.26. The average molecular weight is 325 g/mol. The van der Waals surface area contributed by atoms with Gasteiger partial charge in [0.1, 0.15) is 0 Å². The Kier molecular flexibility index (Phi) is 9.03. The lowest BCUT2D eigenvalue weighted by Crippen LogP contribution is -2.43. The van der Waals surface area contributed by atoms with E-state index < -0.39 is 0 Å². The Morgan fingerprint density at radius 2 is 1.96 bits per heavy atom. The smallest absolute Gasteiger partial charge is 0.221 e. The molecule has 0 aromatic heterocycles. The highest BCUT2D eigenvalue weighted by Crippen LogP contribution is 2.28. The van der Waals surface area contributed by atoms with Crippen molar-refractivity contribution < 1.29 is 4.79 Å². The summed E-state index contributed by atoms with van der Waals surface area (Å²) in [7, 11) is 3.90. The third kappa shape index (κ3) is 7.71. The van der Waals surface area contributed by atoms with Crippen molar-refractivity contribution in [1.29, 1.82) is 0 Å². The maximum atomic E-state index is 11.8. The second kappa shape index (κ2) is 10.5. The number of aliphatic imine (C=N–C) groups is 1. The minimum atomic E-state index is 0.103. The van der Waals surface area contributed by atoms with E-state index in [1.807, 2.05) is 6.92 Å². The van der Waals surface area contributed by atoms with Crippen LogP contribution in [0.2, 0.25) is 0 Å². The molecule has 1 unspecified atom stereocenters. The lowest BCUT2D eigenvalue weighted by atomic mass is 9.83. The molecule has 5 heteroatoms. The summed E-state index contributed by atoms with van der Waals surface area (Å²) in [5.41, 5.74) is 0. The Morgan fingerprint density at radius 1 is 1.30 bits per heavy atom. The van der Waals surface area contributed by atoms with Gasteiger partial charge < -0.3 is 15.5 Å². The first-order valence-electron chi connectivity index (χ1n) is 9.17. The summed E-state index contributed by atoms with van der Waals surface area (Å²) in [6.07, 6.45) is 6.78. The van der Waals surface area contributed by atoms with Crippen LogP contribution in [0.1, 0.15) is 59.3 Å². The van der Waals surface area contributed by atoms with E-state index in [2.05, 4.69) is 41.4 Å². The highest BCUT2D eigenvalue weighted by Gasteiger charge is 2.20. The van der Waals surface area contributed by atoms with Gasteiger partial charge in [0.05, 0.1) is 0 Å². The first kappa shape index (κ1) is 19.8. The van der Waals surface area contributed by atoms with E-state index in [-0.39, 0.29) is 11.9 Å². The zero-order valence-corrected chi connectivity index (χ0v) is 15.7. The second-order valence-corrected chi connectivity index (χ2v) is 7.11. The molecule has 2 N–H and O–H groups in total. The van der Waals surface area contributed by atoms with Gasteiger partial charge in [0.2, 0.25) is 5.91 Å². The van der Waals surface area contributed by atoms with Gasteiger partial charge in [-0.25, -0.2) is 0 Å². The first-order chi connectivity index (χ1) is 11.0. The molecule has 0 saturated heterocycles. The number of guanidine groups is 1. The quantitative estimate of drug-likeness (QED) is 0.559. The molecule has 0 bridgehead atoms. The molecule has 5 nitrogen and oxygen atoms in total. The zero-order valence-electron chi connectivity index (χ0n) is 15.7. The molecule has 1 rings (SSSR count). The average Bonchev–Trinajstić information content (AvgIpc) is 2.53. The summed E-state index contributed by atoms with van der Waals surface area (Å²) in [5.74, 6) is 2.65. The summed E-state index contributed by atoms with van der Waals surface area (Å²) in [6.45, 7) is 8.13. The van der Waals surface area contributed by atoms with Crippen molar-refractivity contribution in [3.05, 3.63) is 0 Å². The molecule has 23 heavy (non-hydrogen) atoms. The molecular formula is C18H36N4O. The lowest BCUT2D eigenvalue weighted by molar-refractivity contribution is -0.121. The fraction of sp³-hybridized carbons (Fsp3) is 0.889. The topological polar surface area (TPSA) is 56.7 Å². The molecule has 1 amide bonds. The van der Waals surface area contributed by atoms with Crippen molar-refractivity contribution in [2.75, 3.05) is 27.2 Å². The van der Waals surface area contributed by atoms with Gasteiger partial charge in [0.15, 0.2) is 5.96 Å². The minimum Gasteiger partial charge on any atom is -0.356 e. The molecule has 1 atom stereocenters. The number of carbonyl (C=O) groups is 1. The van der Waals surface area contributed by atoms with E-state index in [9.17, 15) is 4.79 Å². The highest BCUT2D eigenvalue weighted by atomic mass is 16.1. The van der Waals surface area contributed by atoms with Crippen molar-refractivity contribution in [1.82, 2.24) is 15.5 Å². The molecule has 1 saturated carbocycles. The predicted molar refractivity (Wildman–Crippen MR) is 97.6 cm³/mol. The zero-order chi connectivity index (χ0) is 17.2. The largest absolute Gasteiger partial charge is 0.356 e. The van der Waals surface area contributed by atoms with E-state index >= 15 is 0 Å². The third-order valence-electron chi connectivity index (χ3n) is 4.90. The molecule has 0 spiro atoms. The Balaban J connectivity index is 2.29. The van der Waals surface area contributed by atoms with Crippen LogP contribution < -0.4 is 10.6 Å². The maximum absolute atomic E-state index is 11.8. The van der Waals surface area contributed by atoms with Crippen molar-refractivity contribution in [2.24, 2.45) is 16.8 Å². The second-order valence-electron chi connectivity index (χ2n) is 7.11. The Labute approximate surface area is 142 Å². The Bertz CT molecular complexity index is 375. The molecule has 0 aromatic carbocycles. The summed E-state index contributed by atoms with van der Waals surface area (Å²) in [5, 5.41) is 6.29. The van der Waals surface area contributed by atoms with Crippen LogP contribution >= 0.6 is 0 Å². The molecule has 0 aliphatic heterocycles. The van der Waals surface area contributed by atoms with Gasteiger partial charge in [-0.1, -0.05) is 26.7 Å². The number of carbonyl (C=O) groups excluding carboxylic acids is 1. The number of hydrogen-bond donors (Lipinski definition) is 2. The van der Waals surface area contributed by atoms with Crippen LogP contribution in [0.3, 0.4) is 0 Å². The number of rotatable bonds is 7. The highest BCUT2D eigenvalue weighted by molar-refractivity contribution is 5.81. The monoisotopic (exact) mass is 324 g/mol. The molecule has 134 valence electrons. The Morgan fingerprint density at radius 3 is 2.52 bits per heavy atom. The van der Waals surface area contributed by atoms with Crippen LogP contribution in [0.25, 0.3) is 0 Å². The van der Waals surface area contributed by atoms with Crippen LogP contribution in [0.15, 0.2) is 4.99 Å². The molecule has 1 fully saturated rings. The summed E-state index contributed by atoms with van der Waals surface area (Å²) in [6, 6.07) is 0.248. The fourth-order valence-electron chi connectivity index (χ4n) is 3.11. The van der Waals surface area contributed by atoms with E-state index in [1.165, 1.54) is 25.7 Å². The van der Waals surface area contributed by atoms with Gasteiger partial charge in [0, 0.05) is 39.6 Å². The van der Waals surface area contributed by atoms with Crippen molar-refractivity contribution in [3.8, 4) is 0 Å². The number of amides is 1. The predicted octanol–water partition coefficient (Wildman–Crippen LogP) is 2.62. The van der Waals surface area contributed by atoms with E-state index in [0.29, 0.717) is 13.0 Å². The summed E-state index contributed by atoms with van der Waals surface area (Å²) < 4.78 is 0. The fourth-order valence-corrected chi connectivity index (χ4v) is 3.11. The minimum absolute atomic E-state index is 0.103. The SMILES string of the molecule is CCC(C)NC(=O)CCNC(=NC)N(C)CC1CCC(C)CC1. The molecule has 1 aliphatic carbocycles. The summed E-state index contributed by atoms with van der Waals surface area (Å²) in [4.78, 5) is 18.3. The van der Waals surface area contributed by atoms with Gasteiger partial charge in [-0.15, -0.1) is 0 Å². The maximum Gasteiger partial charge on any atom is 0.221 e. The van der Waals surface area contributed by atoms with Crippen LogP contribution in [-0.4, -0.2) is 50.0 Å². The van der Waals surface area contributed by atoms with Crippen LogP contribution in [0.4, 0.5) is 0 Å². The summed E-state index contributed by atoms with van der Waals surface area (Å²) >= 11 is 0. The van der Waals surface area contributed by atoms with Crippen LogP contribution in [0.5, 0.6) is 0 Å². The van der Waals surface area contributed by atoms with Crippen molar-refractivity contribution in [2.45, 2.75) is 65.3 Å². The van der Waals surface area contributed by atoms with Gasteiger partial charge in [-0.2, -0.15) is 0 Å². The van der Waals surface area contributed by atoms with Crippen molar-refractivity contribution >= 4 is 11.9 Å². The van der Waals surface area contributed by atoms with Crippen LogP contribution in [-0.2, 0) is 4.79 Å².